The van der Waals surface area contributed by atoms with Gasteiger partial charge >= 0.3 is 0 Å². The van der Waals surface area contributed by atoms with Gasteiger partial charge < -0.3 is 10.1 Å². The predicted octanol–water partition coefficient (Wildman–Crippen LogP) is 5.37. The van der Waals surface area contributed by atoms with E-state index in [4.69, 9.17) is 4.74 Å². The average molecular weight is 417 g/mol. The van der Waals surface area contributed by atoms with Crippen molar-refractivity contribution in [3.05, 3.63) is 64.5 Å². The summed E-state index contributed by atoms with van der Waals surface area (Å²) in [5.74, 6) is 0.773. The van der Waals surface area contributed by atoms with E-state index in [1.54, 1.807) is 0 Å². The van der Waals surface area contributed by atoms with E-state index in [2.05, 4.69) is 26.2 Å². The lowest BCUT2D eigenvalue weighted by Gasteiger charge is -2.05. The number of amides is 1. The predicted molar refractivity (Wildman–Crippen MR) is 105 cm³/mol. The van der Waals surface area contributed by atoms with E-state index in [-0.39, 0.29) is 5.91 Å². The molecule has 1 heterocycles. The molecule has 3 aromatic rings. The zero-order chi connectivity index (χ0) is 17.5. The van der Waals surface area contributed by atoms with Crippen LogP contribution in [0.5, 0.6) is 5.75 Å². The van der Waals surface area contributed by atoms with Gasteiger partial charge in [-0.15, -0.1) is 11.3 Å². The molecule has 0 fully saturated rings. The third-order valence-electron chi connectivity index (χ3n) is 3.45. The van der Waals surface area contributed by atoms with E-state index >= 15 is 0 Å². The van der Waals surface area contributed by atoms with Crippen LogP contribution in [0.1, 0.15) is 12.8 Å². The molecule has 1 N–H and O–H groups in total. The standard InChI is InChI=1S/C19H17BrN2O2S/c20-15-10-8-14(9-11-15)17-13-25-19(21-17)22-18(23)7-4-12-24-16-5-2-1-3-6-16/h1-3,5-6,8-11,13H,4,7,12H2,(H,21,22,23). The molecule has 0 saturated heterocycles. The second-order valence-corrected chi connectivity index (χ2v) is 7.13. The Kier molecular flexibility index (Phi) is 6.19. The van der Waals surface area contributed by atoms with Crippen LogP contribution >= 0.6 is 27.3 Å². The molecule has 1 aromatic heterocycles. The second kappa shape index (κ2) is 8.78. The second-order valence-electron chi connectivity index (χ2n) is 5.36. The zero-order valence-electron chi connectivity index (χ0n) is 13.4. The number of benzene rings is 2. The molecule has 0 spiro atoms. The summed E-state index contributed by atoms with van der Waals surface area (Å²) in [5.41, 5.74) is 1.89. The number of carbonyl (C=O) groups is 1. The fourth-order valence-electron chi connectivity index (χ4n) is 2.21. The van der Waals surface area contributed by atoms with Crippen LogP contribution in [-0.4, -0.2) is 17.5 Å². The first-order valence-electron chi connectivity index (χ1n) is 7.90. The Balaban J connectivity index is 1.44. The van der Waals surface area contributed by atoms with Gasteiger partial charge in [0, 0.05) is 21.8 Å². The van der Waals surface area contributed by atoms with Crippen molar-refractivity contribution in [2.75, 3.05) is 11.9 Å². The summed E-state index contributed by atoms with van der Waals surface area (Å²) >= 11 is 4.84. The molecule has 2 aromatic carbocycles. The number of hydrogen-bond acceptors (Lipinski definition) is 4. The number of nitrogens with zero attached hydrogens (tertiary/aromatic N) is 1. The number of anilines is 1. The Morgan fingerprint density at radius 1 is 1.12 bits per heavy atom. The summed E-state index contributed by atoms with van der Waals surface area (Å²) < 4.78 is 6.61. The fraction of sp³-hybridized carbons (Fsp3) is 0.158. The highest BCUT2D eigenvalue weighted by Crippen LogP contribution is 2.26. The molecule has 0 radical (unpaired) electrons. The number of halogens is 1. The first kappa shape index (κ1) is 17.6. The third kappa shape index (κ3) is 5.41. The highest BCUT2D eigenvalue weighted by atomic mass is 79.9. The number of ether oxygens (including phenoxy) is 1. The van der Waals surface area contributed by atoms with Crippen molar-refractivity contribution in [1.82, 2.24) is 4.98 Å². The van der Waals surface area contributed by atoms with Gasteiger partial charge in [0.15, 0.2) is 5.13 Å². The lowest BCUT2D eigenvalue weighted by atomic mass is 10.2. The largest absolute Gasteiger partial charge is 0.494 e. The van der Waals surface area contributed by atoms with Crippen LogP contribution < -0.4 is 10.1 Å². The minimum Gasteiger partial charge on any atom is -0.494 e. The number of aromatic nitrogens is 1. The molecular weight excluding hydrogens is 400 g/mol. The quantitative estimate of drug-likeness (QED) is 0.526. The van der Waals surface area contributed by atoms with Crippen LogP contribution in [0.15, 0.2) is 64.5 Å². The molecule has 25 heavy (non-hydrogen) atoms. The molecule has 0 saturated carbocycles. The summed E-state index contributed by atoms with van der Waals surface area (Å²) in [7, 11) is 0. The van der Waals surface area contributed by atoms with Crippen molar-refractivity contribution < 1.29 is 9.53 Å². The smallest absolute Gasteiger partial charge is 0.226 e. The summed E-state index contributed by atoms with van der Waals surface area (Å²) in [6.07, 6.45) is 1.06. The number of nitrogens with one attached hydrogen (secondary N) is 1. The molecule has 0 aliphatic heterocycles. The molecular formula is C19H17BrN2O2S. The zero-order valence-corrected chi connectivity index (χ0v) is 15.8. The summed E-state index contributed by atoms with van der Waals surface area (Å²) in [6.45, 7) is 0.513. The maximum Gasteiger partial charge on any atom is 0.226 e. The van der Waals surface area contributed by atoms with Gasteiger partial charge in [-0.2, -0.15) is 0 Å². The van der Waals surface area contributed by atoms with Gasteiger partial charge in [0.25, 0.3) is 0 Å². The summed E-state index contributed by atoms with van der Waals surface area (Å²) in [5, 5.41) is 5.41. The van der Waals surface area contributed by atoms with Gasteiger partial charge in [-0.3, -0.25) is 4.79 Å². The summed E-state index contributed by atoms with van der Waals surface area (Å²) in [6, 6.07) is 17.5. The van der Waals surface area contributed by atoms with Crippen molar-refractivity contribution in [1.29, 1.82) is 0 Å². The molecule has 0 aliphatic carbocycles. The summed E-state index contributed by atoms with van der Waals surface area (Å²) in [4.78, 5) is 16.5. The molecule has 3 rings (SSSR count). The molecule has 0 aliphatic rings. The minimum atomic E-state index is -0.0478. The Morgan fingerprint density at radius 2 is 1.88 bits per heavy atom. The van der Waals surface area contributed by atoms with Crippen LogP contribution in [0.3, 0.4) is 0 Å². The van der Waals surface area contributed by atoms with Crippen molar-refractivity contribution in [3.63, 3.8) is 0 Å². The van der Waals surface area contributed by atoms with Crippen molar-refractivity contribution in [3.8, 4) is 17.0 Å². The monoisotopic (exact) mass is 416 g/mol. The third-order valence-corrected chi connectivity index (χ3v) is 4.74. The van der Waals surface area contributed by atoms with Gasteiger partial charge in [-0.05, 0) is 30.7 Å². The topological polar surface area (TPSA) is 51.2 Å². The highest BCUT2D eigenvalue weighted by molar-refractivity contribution is 9.10. The Labute approximate surface area is 159 Å². The molecule has 6 heteroatoms. The molecule has 1 amide bonds. The number of hydrogen-bond donors (Lipinski definition) is 1. The molecule has 0 unspecified atom stereocenters. The van der Waals surface area contributed by atoms with Gasteiger partial charge in [-0.25, -0.2) is 4.98 Å². The van der Waals surface area contributed by atoms with Gasteiger partial charge in [-0.1, -0.05) is 46.3 Å². The SMILES string of the molecule is O=C(CCCOc1ccccc1)Nc1nc(-c2ccc(Br)cc2)cs1. The van der Waals surface area contributed by atoms with E-state index in [1.807, 2.05) is 60.0 Å². The van der Waals surface area contributed by atoms with E-state index in [0.29, 0.717) is 24.6 Å². The van der Waals surface area contributed by atoms with E-state index in [1.165, 1.54) is 11.3 Å². The maximum atomic E-state index is 12.0. The van der Waals surface area contributed by atoms with Crippen LogP contribution in [0.4, 0.5) is 5.13 Å². The fourth-order valence-corrected chi connectivity index (χ4v) is 3.21. The Bertz CT molecular complexity index is 819. The Hall–Kier alpha value is -2.18. The number of rotatable bonds is 7. The van der Waals surface area contributed by atoms with Crippen molar-refractivity contribution in [2.45, 2.75) is 12.8 Å². The number of carbonyl (C=O) groups excluding carboxylic acids is 1. The van der Waals surface area contributed by atoms with Gasteiger partial charge in [0.05, 0.1) is 12.3 Å². The highest BCUT2D eigenvalue weighted by Gasteiger charge is 2.08. The minimum absolute atomic E-state index is 0.0478. The maximum absolute atomic E-state index is 12.0. The van der Waals surface area contributed by atoms with E-state index in [0.717, 1.165) is 21.5 Å². The van der Waals surface area contributed by atoms with Crippen LogP contribution in [-0.2, 0) is 4.79 Å². The van der Waals surface area contributed by atoms with Crippen LogP contribution in [0.25, 0.3) is 11.3 Å². The van der Waals surface area contributed by atoms with E-state index < -0.39 is 0 Å². The van der Waals surface area contributed by atoms with Crippen LogP contribution in [0, 0.1) is 0 Å². The van der Waals surface area contributed by atoms with Gasteiger partial charge in [0.1, 0.15) is 5.75 Å². The molecule has 0 bridgehead atoms. The Morgan fingerprint density at radius 3 is 2.64 bits per heavy atom. The molecule has 0 atom stereocenters. The lowest BCUT2D eigenvalue weighted by Crippen LogP contribution is -2.12. The first-order valence-corrected chi connectivity index (χ1v) is 9.57. The van der Waals surface area contributed by atoms with Crippen LogP contribution in [0.2, 0.25) is 0 Å². The number of thiazole rings is 1. The first-order chi connectivity index (χ1) is 12.2. The van der Waals surface area contributed by atoms with Gasteiger partial charge in [0.2, 0.25) is 5.91 Å². The molecule has 128 valence electrons. The van der Waals surface area contributed by atoms with E-state index in [9.17, 15) is 4.79 Å². The lowest BCUT2D eigenvalue weighted by molar-refractivity contribution is -0.116. The normalized spacial score (nSPS) is 10.4. The van der Waals surface area contributed by atoms with Crippen molar-refractivity contribution in [2.24, 2.45) is 0 Å². The van der Waals surface area contributed by atoms with Crippen molar-refractivity contribution >= 4 is 38.3 Å². The number of para-hydroxylation sites is 1. The average Bonchev–Trinajstić information content (AvgIpc) is 3.09. The molecule has 4 nitrogen and oxygen atoms in total.